The predicted octanol–water partition coefficient (Wildman–Crippen LogP) is 3.87. The highest BCUT2D eigenvalue weighted by Crippen LogP contribution is 2.21. The first-order valence-electron chi connectivity index (χ1n) is 6.59. The summed E-state index contributed by atoms with van der Waals surface area (Å²) in [6.45, 7) is 2.05. The largest absolute Gasteiger partial charge is 0.497 e. The van der Waals surface area contributed by atoms with Crippen LogP contribution in [0.3, 0.4) is 0 Å². The highest BCUT2D eigenvalue weighted by atomic mass is 32.1. The van der Waals surface area contributed by atoms with Crippen LogP contribution >= 0.6 is 23.6 Å². The molecule has 0 atom stereocenters. The number of rotatable bonds is 4. The molecule has 5 nitrogen and oxygen atoms in total. The summed E-state index contributed by atoms with van der Waals surface area (Å²) in [6, 6.07) is 9.67. The normalized spacial score (nSPS) is 11.2. The third-order valence-corrected chi connectivity index (χ3v) is 4.41. The molecule has 3 rings (SSSR count). The van der Waals surface area contributed by atoms with E-state index in [4.69, 9.17) is 17.0 Å². The maximum absolute atomic E-state index is 5.26. The van der Waals surface area contributed by atoms with Crippen molar-refractivity contribution in [2.75, 3.05) is 7.11 Å². The molecule has 7 heteroatoms. The highest BCUT2D eigenvalue weighted by Gasteiger charge is 2.08. The lowest BCUT2D eigenvalue weighted by Crippen LogP contribution is -1.95. The molecule has 0 amide bonds. The topological polar surface area (TPSA) is 55.2 Å². The zero-order chi connectivity index (χ0) is 15.5. The van der Waals surface area contributed by atoms with Crippen molar-refractivity contribution in [1.82, 2.24) is 14.9 Å². The van der Waals surface area contributed by atoms with Gasteiger partial charge in [0.25, 0.3) is 0 Å². The number of thiophene rings is 1. The Labute approximate surface area is 136 Å². The minimum absolute atomic E-state index is 0.455. The Bertz CT molecular complexity index is 858. The van der Waals surface area contributed by atoms with E-state index >= 15 is 0 Å². The number of nitrogens with zero attached hydrogens (tertiary/aromatic N) is 3. The third kappa shape index (κ3) is 2.86. The van der Waals surface area contributed by atoms with Crippen molar-refractivity contribution >= 4 is 29.8 Å². The molecule has 1 aromatic carbocycles. The fraction of sp³-hybridized carbons (Fsp3) is 0.133. The quantitative estimate of drug-likeness (QED) is 0.583. The molecule has 0 fully saturated rings. The molecule has 3 aromatic rings. The number of hydrogen-bond acceptors (Lipinski definition) is 5. The lowest BCUT2D eigenvalue weighted by molar-refractivity contribution is 0.415. The van der Waals surface area contributed by atoms with Gasteiger partial charge >= 0.3 is 0 Å². The van der Waals surface area contributed by atoms with Gasteiger partial charge in [0.15, 0.2) is 5.82 Å². The summed E-state index contributed by atoms with van der Waals surface area (Å²) in [5.74, 6) is 1.46. The van der Waals surface area contributed by atoms with E-state index < -0.39 is 0 Å². The molecule has 2 aromatic heterocycles. The van der Waals surface area contributed by atoms with Crippen molar-refractivity contribution in [3.63, 3.8) is 0 Å². The Hall–Kier alpha value is -2.25. The molecule has 22 heavy (non-hydrogen) atoms. The minimum atomic E-state index is 0.455. The van der Waals surface area contributed by atoms with E-state index in [0.717, 1.165) is 16.2 Å². The van der Waals surface area contributed by atoms with Crippen LogP contribution in [0, 0.1) is 11.7 Å². The van der Waals surface area contributed by atoms with Gasteiger partial charge in [-0.25, -0.2) is 5.10 Å². The van der Waals surface area contributed by atoms with E-state index in [1.54, 1.807) is 29.3 Å². The fourth-order valence-corrected chi connectivity index (χ4v) is 2.91. The number of hydrogen-bond donors (Lipinski definition) is 1. The predicted molar refractivity (Wildman–Crippen MR) is 91.4 cm³/mol. The summed E-state index contributed by atoms with van der Waals surface area (Å²) in [4.78, 5) is 1.10. The Kier molecular flexibility index (Phi) is 4.17. The zero-order valence-corrected chi connectivity index (χ0v) is 13.7. The molecular weight excluding hydrogens is 316 g/mol. The lowest BCUT2D eigenvalue weighted by atomic mass is 10.2. The highest BCUT2D eigenvalue weighted by molar-refractivity contribution is 7.71. The van der Waals surface area contributed by atoms with Gasteiger partial charge in [0.05, 0.1) is 18.2 Å². The van der Waals surface area contributed by atoms with Crippen LogP contribution in [0.5, 0.6) is 5.75 Å². The number of aryl methyl sites for hydroxylation is 1. The SMILES string of the molecule is COc1ccc(-c2n[nH]c(=S)n2/N=C/c2sccc2C)cc1. The fourth-order valence-electron chi connectivity index (χ4n) is 1.95. The van der Waals surface area contributed by atoms with Crippen LogP contribution in [0.2, 0.25) is 0 Å². The van der Waals surface area contributed by atoms with Crippen molar-refractivity contribution in [2.24, 2.45) is 5.10 Å². The number of ether oxygens (including phenoxy) is 1. The molecule has 0 saturated heterocycles. The van der Waals surface area contributed by atoms with Crippen molar-refractivity contribution in [3.8, 4) is 17.1 Å². The van der Waals surface area contributed by atoms with Crippen LogP contribution in [-0.2, 0) is 0 Å². The van der Waals surface area contributed by atoms with Crippen LogP contribution in [0.1, 0.15) is 10.4 Å². The first-order valence-corrected chi connectivity index (χ1v) is 7.88. The molecule has 1 N–H and O–H groups in total. The van der Waals surface area contributed by atoms with Crippen molar-refractivity contribution in [1.29, 1.82) is 0 Å². The van der Waals surface area contributed by atoms with Gasteiger partial charge in [-0.1, -0.05) is 0 Å². The number of benzene rings is 1. The van der Waals surface area contributed by atoms with Gasteiger partial charge in [0, 0.05) is 5.56 Å². The second kappa shape index (κ2) is 6.25. The van der Waals surface area contributed by atoms with Crippen LogP contribution in [0.15, 0.2) is 40.8 Å². The number of aromatic nitrogens is 3. The number of H-pyrrole nitrogens is 1. The summed E-state index contributed by atoms with van der Waals surface area (Å²) >= 11 is 6.90. The summed E-state index contributed by atoms with van der Waals surface area (Å²) in [5.41, 5.74) is 2.10. The standard InChI is InChI=1S/C15H14N4OS2/c1-10-7-8-22-13(10)9-16-19-14(17-18-15(19)21)11-3-5-12(20-2)6-4-11/h3-9H,1-2H3,(H,18,21)/b16-9+. The van der Waals surface area contributed by atoms with Crippen molar-refractivity contribution < 1.29 is 4.74 Å². The molecule has 0 aliphatic rings. The van der Waals surface area contributed by atoms with Crippen LogP contribution in [-0.4, -0.2) is 28.2 Å². The van der Waals surface area contributed by atoms with E-state index in [9.17, 15) is 0 Å². The lowest BCUT2D eigenvalue weighted by Gasteiger charge is -2.03. The zero-order valence-electron chi connectivity index (χ0n) is 12.1. The number of methoxy groups -OCH3 is 1. The van der Waals surface area contributed by atoms with Crippen LogP contribution in [0.25, 0.3) is 11.4 Å². The van der Waals surface area contributed by atoms with Gasteiger partial charge in [-0.05, 0) is 60.4 Å². The molecule has 0 spiro atoms. The van der Waals surface area contributed by atoms with Gasteiger partial charge in [-0.15, -0.1) is 11.3 Å². The second-order valence-electron chi connectivity index (χ2n) is 4.61. The molecule has 0 bridgehead atoms. The van der Waals surface area contributed by atoms with Crippen molar-refractivity contribution in [2.45, 2.75) is 6.92 Å². The Morgan fingerprint density at radius 1 is 1.32 bits per heavy atom. The third-order valence-electron chi connectivity index (χ3n) is 3.19. The van der Waals surface area contributed by atoms with Crippen molar-refractivity contribution in [3.05, 3.63) is 50.9 Å². The van der Waals surface area contributed by atoms with Gasteiger partial charge in [-0.3, -0.25) is 0 Å². The summed E-state index contributed by atoms with van der Waals surface area (Å²) < 4.78 is 7.24. The van der Waals surface area contributed by atoms with Crippen LogP contribution in [0.4, 0.5) is 0 Å². The summed E-state index contributed by atoms with van der Waals surface area (Å²) in [7, 11) is 1.64. The van der Waals surface area contributed by atoms with E-state index in [1.807, 2.05) is 29.6 Å². The first-order chi connectivity index (χ1) is 10.7. The maximum atomic E-state index is 5.26. The van der Waals surface area contributed by atoms with E-state index in [2.05, 4.69) is 28.3 Å². The number of nitrogens with one attached hydrogen (secondary N) is 1. The van der Waals surface area contributed by atoms with E-state index in [1.165, 1.54) is 5.56 Å². The first kappa shape index (κ1) is 14.7. The molecule has 0 aliphatic heterocycles. The maximum Gasteiger partial charge on any atom is 0.216 e. The monoisotopic (exact) mass is 330 g/mol. The molecule has 112 valence electrons. The van der Waals surface area contributed by atoms with Gasteiger partial charge in [0.2, 0.25) is 4.77 Å². The Balaban J connectivity index is 1.98. The summed E-state index contributed by atoms with van der Waals surface area (Å²) in [5, 5.41) is 13.5. The second-order valence-corrected chi connectivity index (χ2v) is 5.94. The molecule has 0 radical (unpaired) electrons. The molecular formula is C15H14N4OS2. The van der Waals surface area contributed by atoms with Gasteiger partial charge in [0.1, 0.15) is 5.75 Å². The van der Waals surface area contributed by atoms with Crippen LogP contribution < -0.4 is 4.74 Å². The molecule has 0 saturated carbocycles. The Morgan fingerprint density at radius 3 is 2.73 bits per heavy atom. The smallest absolute Gasteiger partial charge is 0.216 e. The van der Waals surface area contributed by atoms with Gasteiger partial charge in [-0.2, -0.15) is 14.9 Å². The van der Waals surface area contributed by atoms with E-state index in [-0.39, 0.29) is 0 Å². The summed E-state index contributed by atoms with van der Waals surface area (Å²) in [6.07, 6.45) is 1.80. The van der Waals surface area contributed by atoms with Gasteiger partial charge < -0.3 is 4.74 Å². The molecule has 0 unspecified atom stereocenters. The Morgan fingerprint density at radius 2 is 2.09 bits per heavy atom. The van der Waals surface area contributed by atoms with E-state index in [0.29, 0.717) is 10.6 Å². The minimum Gasteiger partial charge on any atom is -0.497 e. The number of aromatic amines is 1. The average Bonchev–Trinajstić information content (AvgIpc) is 3.11. The average molecular weight is 330 g/mol. The molecule has 2 heterocycles. The molecule has 0 aliphatic carbocycles.